The number of hydrogen-bond acceptors (Lipinski definition) is 3. The number of hydrogen-bond donors (Lipinski definition) is 1. The fourth-order valence-electron chi connectivity index (χ4n) is 2.23. The lowest BCUT2D eigenvalue weighted by molar-refractivity contribution is 0.322. The minimum atomic E-state index is -0.439. The molecule has 90 valence electrons. The number of rotatable bonds is 3. The zero-order chi connectivity index (χ0) is 12.3. The van der Waals surface area contributed by atoms with E-state index in [1.54, 1.807) is 12.1 Å². The molecule has 1 saturated heterocycles. The zero-order valence-electron chi connectivity index (χ0n) is 9.91. The van der Waals surface area contributed by atoms with Gasteiger partial charge in [0, 0.05) is 25.7 Å². The molecule has 0 spiro atoms. The first kappa shape index (κ1) is 12.0. The Morgan fingerprint density at radius 1 is 1.59 bits per heavy atom. The van der Waals surface area contributed by atoms with Crippen molar-refractivity contribution in [2.75, 3.05) is 20.1 Å². The van der Waals surface area contributed by atoms with Crippen molar-refractivity contribution in [2.24, 2.45) is 0 Å². The third-order valence-electron chi connectivity index (χ3n) is 3.24. The molecule has 17 heavy (non-hydrogen) atoms. The fourth-order valence-corrected chi connectivity index (χ4v) is 2.23. The summed E-state index contributed by atoms with van der Waals surface area (Å²) in [5.74, 6) is -0.439. The number of nitrogens with zero attached hydrogens (tertiary/aromatic N) is 2. The summed E-state index contributed by atoms with van der Waals surface area (Å²) in [6.45, 7) is 2.84. The summed E-state index contributed by atoms with van der Waals surface area (Å²) in [6.07, 6.45) is 1.14. The highest BCUT2D eigenvalue weighted by Gasteiger charge is 2.20. The summed E-state index contributed by atoms with van der Waals surface area (Å²) in [5.41, 5.74) is 1.13. The van der Waals surface area contributed by atoms with Crippen LogP contribution in [0.15, 0.2) is 18.2 Å². The molecule has 1 atom stereocenters. The summed E-state index contributed by atoms with van der Waals surface area (Å²) in [5, 5.41) is 12.0. The molecule has 1 heterocycles. The Morgan fingerprint density at radius 2 is 2.41 bits per heavy atom. The first-order valence-corrected chi connectivity index (χ1v) is 5.81. The third-order valence-corrected chi connectivity index (χ3v) is 3.24. The quantitative estimate of drug-likeness (QED) is 0.859. The van der Waals surface area contributed by atoms with E-state index in [4.69, 9.17) is 5.26 Å². The standard InChI is InChI=1S/C13H16FN3/c1-16-12-4-5-17(9-12)8-10-2-3-13(14)11(6-10)7-15/h2-3,6,12,16H,4-5,8-9H2,1H3. The maximum atomic E-state index is 13.2. The molecular formula is C13H16FN3. The molecule has 0 radical (unpaired) electrons. The predicted molar refractivity (Wildman–Crippen MR) is 63.9 cm³/mol. The summed E-state index contributed by atoms with van der Waals surface area (Å²) in [7, 11) is 1.97. The summed E-state index contributed by atoms with van der Waals surface area (Å²) in [6, 6.07) is 7.19. The molecular weight excluding hydrogens is 217 g/mol. The molecule has 1 unspecified atom stereocenters. The molecule has 2 rings (SSSR count). The highest BCUT2D eigenvalue weighted by Crippen LogP contribution is 2.15. The topological polar surface area (TPSA) is 39.1 Å². The maximum Gasteiger partial charge on any atom is 0.140 e. The molecule has 1 fully saturated rings. The van der Waals surface area contributed by atoms with Crippen molar-refractivity contribution < 1.29 is 4.39 Å². The van der Waals surface area contributed by atoms with Crippen LogP contribution < -0.4 is 5.32 Å². The summed E-state index contributed by atoms with van der Waals surface area (Å²) < 4.78 is 13.2. The Kier molecular flexibility index (Phi) is 3.72. The van der Waals surface area contributed by atoms with Gasteiger partial charge in [0.25, 0.3) is 0 Å². The van der Waals surface area contributed by atoms with Gasteiger partial charge in [0.05, 0.1) is 5.56 Å². The molecule has 1 aromatic carbocycles. The van der Waals surface area contributed by atoms with E-state index < -0.39 is 5.82 Å². The van der Waals surface area contributed by atoms with Crippen LogP contribution >= 0.6 is 0 Å². The first-order valence-electron chi connectivity index (χ1n) is 5.81. The van der Waals surface area contributed by atoms with Crippen molar-refractivity contribution in [3.8, 4) is 6.07 Å². The minimum Gasteiger partial charge on any atom is -0.316 e. The largest absolute Gasteiger partial charge is 0.316 e. The van der Waals surface area contributed by atoms with E-state index in [0.717, 1.165) is 31.6 Å². The van der Waals surface area contributed by atoms with Gasteiger partial charge in [0.1, 0.15) is 11.9 Å². The predicted octanol–water partition coefficient (Wildman–Crippen LogP) is 1.49. The molecule has 1 N–H and O–H groups in total. The highest BCUT2D eigenvalue weighted by molar-refractivity contribution is 5.34. The van der Waals surface area contributed by atoms with E-state index in [9.17, 15) is 4.39 Å². The van der Waals surface area contributed by atoms with Gasteiger partial charge in [0.15, 0.2) is 0 Å². The van der Waals surface area contributed by atoms with Crippen LogP contribution in [0.3, 0.4) is 0 Å². The SMILES string of the molecule is CNC1CCN(Cc2ccc(F)c(C#N)c2)C1. The number of halogens is 1. The van der Waals surface area contributed by atoms with Gasteiger partial charge < -0.3 is 5.32 Å². The maximum absolute atomic E-state index is 13.2. The second-order valence-electron chi connectivity index (χ2n) is 4.44. The van der Waals surface area contributed by atoms with Gasteiger partial charge in [-0.05, 0) is 31.2 Å². The van der Waals surface area contributed by atoms with Crippen LogP contribution in [0.5, 0.6) is 0 Å². The van der Waals surface area contributed by atoms with Crippen LogP contribution in [0.1, 0.15) is 17.5 Å². The average Bonchev–Trinajstić information content (AvgIpc) is 2.79. The summed E-state index contributed by atoms with van der Waals surface area (Å²) in [4.78, 5) is 2.32. The van der Waals surface area contributed by atoms with Gasteiger partial charge in [-0.25, -0.2) is 4.39 Å². The van der Waals surface area contributed by atoms with Crippen molar-refractivity contribution in [3.63, 3.8) is 0 Å². The highest BCUT2D eigenvalue weighted by atomic mass is 19.1. The van der Waals surface area contributed by atoms with Crippen molar-refractivity contribution in [1.82, 2.24) is 10.2 Å². The van der Waals surface area contributed by atoms with Crippen LogP contribution in [-0.2, 0) is 6.54 Å². The van der Waals surface area contributed by atoms with Crippen LogP contribution in [0.4, 0.5) is 4.39 Å². The second kappa shape index (κ2) is 5.26. The lowest BCUT2D eigenvalue weighted by Gasteiger charge is -2.16. The monoisotopic (exact) mass is 233 g/mol. The Bertz CT molecular complexity index is 439. The average molecular weight is 233 g/mol. The van der Waals surface area contributed by atoms with Gasteiger partial charge in [-0.15, -0.1) is 0 Å². The van der Waals surface area contributed by atoms with Gasteiger partial charge in [-0.2, -0.15) is 5.26 Å². The molecule has 0 saturated carbocycles. The Hall–Kier alpha value is -1.44. The molecule has 1 aliphatic heterocycles. The Labute approximate surface area is 101 Å². The van der Waals surface area contributed by atoms with E-state index >= 15 is 0 Å². The fraction of sp³-hybridized carbons (Fsp3) is 0.462. The van der Waals surface area contributed by atoms with Gasteiger partial charge in [-0.1, -0.05) is 6.07 Å². The molecule has 1 aromatic rings. The normalized spacial score (nSPS) is 20.4. The zero-order valence-corrected chi connectivity index (χ0v) is 9.91. The van der Waals surface area contributed by atoms with Crippen molar-refractivity contribution in [1.29, 1.82) is 5.26 Å². The van der Waals surface area contributed by atoms with Crippen LogP contribution in [0.25, 0.3) is 0 Å². The molecule has 0 aromatic heterocycles. The number of nitriles is 1. The molecule has 0 aliphatic carbocycles. The molecule has 0 bridgehead atoms. The van der Waals surface area contributed by atoms with Crippen LogP contribution in [0.2, 0.25) is 0 Å². The third kappa shape index (κ3) is 2.82. The number of likely N-dealkylation sites (N-methyl/N-ethyl adjacent to an activating group) is 1. The van der Waals surface area contributed by atoms with Crippen LogP contribution in [-0.4, -0.2) is 31.1 Å². The molecule has 0 amide bonds. The Balaban J connectivity index is 2.02. The van der Waals surface area contributed by atoms with E-state index in [-0.39, 0.29) is 5.56 Å². The van der Waals surface area contributed by atoms with Gasteiger partial charge in [-0.3, -0.25) is 4.90 Å². The van der Waals surface area contributed by atoms with Crippen molar-refractivity contribution >= 4 is 0 Å². The van der Waals surface area contributed by atoms with E-state index in [0.29, 0.717) is 6.04 Å². The van der Waals surface area contributed by atoms with Crippen molar-refractivity contribution in [2.45, 2.75) is 19.0 Å². The number of nitrogens with one attached hydrogen (secondary N) is 1. The van der Waals surface area contributed by atoms with Gasteiger partial charge in [0.2, 0.25) is 0 Å². The summed E-state index contributed by atoms with van der Waals surface area (Å²) >= 11 is 0. The minimum absolute atomic E-state index is 0.131. The first-order chi connectivity index (χ1) is 8.22. The Morgan fingerprint density at radius 3 is 3.06 bits per heavy atom. The molecule has 3 nitrogen and oxygen atoms in total. The lowest BCUT2D eigenvalue weighted by atomic mass is 10.1. The number of likely N-dealkylation sites (tertiary alicyclic amines) is 1. The smallest absolute Gasteiger partial charge is 0.140 e. The van der Waals surface area contributed by atoms with Crippen LogP contribution in [0, 0.1) is 17.1 Å². The van der Waals surface area contributed by atoms with Crippen molar-refractivity contribution in [3.05, 3.63) is 35.1 Å². The lowest BCUT2D eigenvalue weighted by Crippen LogP contribution is -2.29. The number of benzene rings is 1. The molecule has 4 heteroatoms. The second-order valence-corrected chi connectivity index (χ2v) is 4.44. The molecule has 1 aliphatic rings. The van der Waals surface area contributed by atoms with E-state index in [2.05, 4.69) is 10.2 Å². The van der Waals surface area contributed by atoms with Gasteiger partial charge >= 0.3 is 0 Å². The van der Waals surface area contributed by atoms with E-state index in [1.807, 2.05) is 13.1 Å². The van der Waals surface area contributed by atoms with E-state index in [1.165, 1.54) is 6.07 Å².